The standard InChI is InChI=1S/C15H27NO3Si/c1-4-13-19-20(17-2,18-3)14-9-8-12-16-15-10-6-5-7-11-15/h5-7,10-11,16H,4,8-9,12-14H2,1-3H3. The third-order valence-electron chi connectivity index (χ3n) is 3.16. The molecule has 0 amide bonds. The minimum atomic E-state index is -2.42. The van der Waals surface area contributed by atoms with Crippen molar-refractivity contribution in [1.82, 2.24) is 0 Å². The average Bonchev–Trinajstić information content (AvgIpc) is 2.51. The molecule has 0 radical (unpaired) electrons. The smallest absolute Gasteiger partial charge is 0.385 e. The van der Waals surface area contributed by atoms with Gasteiger partial charge in [0.15, 0.2) is 0 Å². The van der Waals surface area contributed by atoms with Crippen LogP contribution in [-0.4, -0.2) is 36.2 Å². The molecule has 0 heterocycles. The van der Waals surface area contributed by atoms with E-state index in [4.69, 9.17) is 13.3 Å². The maximum atomic E-state index is 5.82. The highest BCUT2D eigenvalue weighted by molar-refractivity contribution is 6.60. The van der Waals surface area contributed by atoms with E-state index in [0.29, 0.717) is 6.61 Å². The number of hydrogen-bond acceptors (Lipinski definition) is 4. The summed E-state index contributed by atoms with van der Waals surface area (Å²) in [6.07, 6.45) is 3.10. The number of rotatable bonds is 11. The van der Waals surface area contributed by atoms with Gasteiger partial charge in [-0.15, -0.1) is 0 Å². The minimum Gasteiger partial charge on any atom is -0.385 e. The lowest BCUT2D eigenvalue weighted by molar-refractivity contribution is 0.0977. The highest BCUT2D eigenvalue weighted by atomic mass is 28.4. The molecule has 0 saturated heterocycles. The number of hydrogen-bond donors (Lipinski definition) is 1. The summed E-state index contributed by atoms with van der Waals surface area (Å²) >= 11 is 0. The quantitative estimate of drug-likeness (QED) is 0.501. The van der Waals surface area contributed by atoms with Gasteiger partial charge in [0.1, 0.15) is 0 Å². The molecule has 1 aromatic rings. The van der Waals surface area contributed by atoms with Gasteiger partial charge in [0, 0.05) is 39.1 Å². The zero-order valence-corrected chi connectivity index (χ0v) is 13.9. The predicted molar refractivity (Wildman–Crippen MR) is 85.0 cm³/mol. The van der Waals surface area contributed by atoms with Crippen LogP contribution in [0.5, 0.6) is 0 Å². The van der Waals surface area contributed by atoms with Crippen LogP contribution in [0.2, 0.25) is 6.04 Å². The van der Waals surface area contributed by atoms with Crippen LogP contribution in [0, 0.1) is 0 Å². The molecule has 5 heteroatoms. The van der Waals surface area contributed by atoms with Crippen molar-refractivity contribution in [3.05, 3.63) is 30.3 Å². The fraction of sp³-hybridized carbons (Fsp3) is 0.600. The number of anilines is 1. The van der Waals surface area contributed by atoms with E-state index in [1.165, 1.54) is 0 Å². The van der Waals surface area contributed by atoms with Gasteiger partial charge in [-0.2, -0.15) is 0 Å². The Morgan fingerprint density at radius 1 is 1.05 bits per heavy atom. The van der Waals surface area contributed by atoms with Gasteiger partial charge in [0.05, 0.1) is 0 Å². The van der Waals surface area contributed by atoms with Gasteiger partial charge >= 0.3 is 8.80 Å². The molecule has 0 spiro atoms. The van der Waals surface area contributed by atoms with Crippen LogP contribution in [0.25, 0.3) is 0 Å². The number of unbranched alkanes of at least 4 members (excludes halogenated alkanes) is 1. The van der Waals surface area contributed by atoms with E-state index in [-0.39, 0.29) is 0 Å². The normalized spacial score (nSPS) is 11.6. The molecule has 4 nitrogen and oxygen atoms in total. The van der Waals surface area contributed by atoms with E-state index in [0.717, 1.165) is 37.5 Å². The Balaban J connectivity index is 2.23. The molecule has 0 fully saturated rings. The molecule has 1 aromatic carbocycles. The molecule has 0 aliphatic rings. The van der Waals surface area contributed by atoms with Crippen molar-refractivity contribution < 1.29 is 13.3 Å². The lowest BCUT2D eigenvalue weighted by Gasteiger charge is -2.26. The second-order valence-electron chi connectivity index (χ2n) is 4.69. The molecule has 0 unspecified atom stereocenters. The molecule has 0 saturated carbocycles. The summed E-state index contributed by atoms with van der Waals surface area (Å²) in [5.74, 6) is 0. The first kappa shape index (κ1) is 17.2. The van der Waals surface area contributed by atoms with Gasteiger partial charge in [-0.3, -0.25) is 0 Å². The number of benzene rings is 1. The van der Waals surface area contributed by atoms with Crippen molar-refractivity contribution in [3.8, 4) is 0 Å². The zero-order valence-electron chi connectivity index (χ0n) is 12.9. The van der Waals surface area contributed by atoms with E-state index >= 15 is 0 Å². The van der Waals surface area contributed by atoms with Gasteiger partial charge in [-0.25, -0.2) is 0 Å². The average molecular weight is 297 g/mol. The van der Waals surface area contributed by atoms with Crippen LogP contribution < -0.4 is 5.32 Å². The topological polar surface area (TPSA) is 39.7 Å². The van der Waals surface area contributed by atoms with Crippen LogP contribution in [0.4, 0.5) is 5.69 Å². The minimum absolute atomic E-state index is 0.705. The molecular weight excluding hydrogens is 270 g/mol. The summed E-state index contributed by atoms with van der Waals surface area (Å²) in [5, 5.41) is 3.40. The first-order valence-electron chi connectivity index (χ1n) is 7.29. The van der Waals surface area contributed by atoms with Gasteiger partial charge in [-0.1, -0.05) is 25.1 Å². The Labute approximate surface area is 123 Å². The summed E-state index contributed by atoms with van der Waals surface area (Å²) in [5.41, 5.74) is 1.16. The van der Waals surface area contributed by atoms with E-state index < -0.39 is 8.80 Å². The van der Waals surface area contributed by atoms with Crippen molar-refractivity contribution in [3.63, 3.8) is 0 Å². The highest BCUT2D eigenvalue weighted by Gasteiger charge is 2.37. The number of para-hydroxylation sites is 1. The SMILES string of the molecule is CCCO[Si](CCCCNc1ccccc1)(OC)OC. The molecule has 114 valence electrons. The summed E-state index contributed by atoms with van der Waals surface area (Å²) in [4.78, 5) is 0. The Kier molecular flexibility index (Phi) is 8.53. The zero-order chi connectivity index (χ0) is 14.7. The molecule has 0 aliphatic heterocycles. The van der Waals surface area contributed by atoms with Gasteiger partial charge in [0.25, 0.3) is 0 Å². The summed E-state index contributed by atoms with van der Waals surface area (Å²) in [6.45, 7) is 3.75. The molecule has 20 heavy (non-hydrogen) atoms. The summed E-state index contributed by atoms with van der Waals surface area (Å²) < 4.78 is 16.9. The van der Waals surface area contributed by atoms with E-state index in [9.17, 15) is 0 Å². The molecule has 0 atom stereocenters. The fourth-order valence-corrected chi connectivity index (χ4v) is 4.14. The lowest BCUT2D eigenvalue weighted by Crippen LogP contribution is -2.44. The predicted octanol–water partition coefficient (Wildman–Crippen LogP) is 3.54. The highest BCUT2D eigenvalue weighted by Crippen LogP contribution is 2.18. The molecule has 0 aromatic heterocycles. The molecule has 1 N–H and O–H groups in total. The van der Waals surface area contributed by atoms with Crippen LogP contribution >= 0.6 is 0 Å². The van der Waals surface area contributed by atoms with E-state index in [1.54, 1.807) is 14.2 Å². The molecule has 0 aliphatic carbocycles. The Bertz CT molecular complexity index is 344. The van der Waals surface area contributed by atoms with Crippen molar-refractivity contribution in [2.45, 2.75) is 32.2 Å². The van der Waals surface area contributed by atoms with Crippen molar-refractivity contribution in [2.24, 2.45) is 0 Å². The largest absolute Gasteiger partial charge is 0.500 e. The fourth-order valence-electron chi connectivity index (χ4n) is 1.99. The van der Waals surface area contributed by atoms with E-state index in [2.05, 4.69) is 24.4 Å². The Morgan fingerprint density at radius 3 is 2.35 bits per heavy atom. The number of nitrogens with one attached hydrogen (secondary N) is 1. The Hall–Kier alpha value is -0.883. The molecular formula is C15H27NO3Si. The monoisotopic (exact) mass is 297 g/mol. The van der Waals surface area contributed by atoms with Crippen LogP contribution in [0.15, 0.2) is 30.3 Å². The van der Waals surface area contributed by atoms with Crippen LogP contribution in [-0.2, 0) is 13.3 Å². The third-order valence-corrected chi connectivity index (χ3v) is 6.01. The van der Waals surface area contributed by atoms with Crippen molar-refractivity contribution in [1.29, 1.82) is 0 Å². The van der Waals surface area contributed by atoms with Gasteiger partial charge in [0.2, 0.25) is 0 Å². The van der Waals surface area contributed by atoms with Gasteiger partial charge < -0.3 is 18.6 Å². The maximum Gasteiger partial charge on any atom is 0.500 e. The van der Waals surface area contributed by atoms with Crippen molar-refractivity contribution >= 4 is 14.5 Å². The van der Waals surface area contributed by atoms with Gasteiger partial charge in [-0.05, 0) is 31.4 Å². The lowest BCUT2D eigenvalue weighted by atomic mass is 10.3. The molecule has 1 rings (SSSR count). The van der Waals surface area contributed by atoms with Crippen molar-refractivity contribution in [2.75, 3.05) is 32.7 Å². The first-order chi connectivity index (χ1) is 9.76. The van der Waals surface area contributed by atoms with Crippen LogP contribution in [0.1, 0.15) is 26.2 Å². The second-order valence-corrected chi connectivity index (χ2v) is 7.66. The summed E-state index contributed by atoms with van der Waals surface area (Å²) in [6, 6.07) is 11.1. The van der Waals surface area contributed by atoms with E-state index in [1.807, 2.05) is 18.2 Å². The summed E-state index contributed by atoms with van der Waals surface area (Å²) in [7, 11) is 0.955. The second kappa shape index (κ2) is 9.93. The Morgan fingerprint density at radius 2 is 1.75 bits per heavy atom. The van der Waals surface area contributed by atoms with Crippen LogP contribution in [0.3, 0.4) is 0 Å². The maximum absolute atomic E-state index is 5.82. The third kappa shape index (κ3) is 6.05. The molecule has 0 bridgehead atoms. The first-order valence-corrected chi connectivity index (χ1v) is 9.22.